The Hall–Kier alpha value is -0.640. The first kappa shape index (κ1) is 25.5. The van der Waals surface area contributed by atoms with E-state index >= 15 is 0 Å². The average molecular weight is 465 g/mol. The van der Waals surface area contributed by atoms with Crippen molar-refractivity contribution in [3.05, 3.63) is 0 Å². The van der Waals surface area contributed by atoms with E-state index in [2.05, 4.69) is 34.6 Å². The Balaban J connectivity index is 1.57. The topological polar surface area (TPSA) is 46.5 Å². The molecule has 3 nitrogen and oxygen atoms in total. The third kappa shape index (κ3) is 4.52. The number of hydrogen-bond donors (Lipinski definition) is 1. The maximum Gasteiger partial charge on any atom is 0.302 e. The Morgan fingerprint density at radius 3 is 2.39 bits per heavy atom. The Labute approximate surface area is 201 Å². The van der Waals surface area contributed by atoms with E-state index in [0.717, 1.165) is 30.6 Å². The number of alkyl halides is 1. The Bertz CT molecular complexity index is 709. The molecule has 11 atom stereocenters. The van der Waals surface area contributed by atoms with Crippen LogP contribution in [0.3, 0.4) is 0 Å². The summed E-state index contributed by atoms with van der Waals surface area (Å²) in [5.74, 6) is 3.77. The van der Waals surface area contributed by atoms with Crippen molar-refractivity contribution in [2.75, 3.05) is 0 Å². The highest BCUT2D eigenvalue weighted by atomic mass is 19.1. The number of esters is 1. The van der Waals surface area contributed by atoms with Gasteiger partial charge >= 0.3 is 5.97 Å². The van der Waals surface area contributed by atoms with E-state index < -0.39 is 12.3 Å². The van der Waals surface area contributed by atoms with E-state index in [1.165, 1.54) is 45.4 Å². The lowest BCUT2D eigenvalue weighted by molar-refractivity contribution is -0.201. The van der Waals surface area contributed by atoms with Crippen molar-refractivity contribution in [1.29, 1.82) is 0 Å². The Kier molecular flexibility index (Phi) is 7.27. The van der Waals surface area contributed by atoms with Crippen molar-refractivity contribution < 1.29 is 19.0 Å². The summed E-state index contributed by atoms with van der Waals surface area (Å²) in [5, 5.41) is 10.4. The van der Waals surface area contributed by atoms with E-state index in [1.807, 2.05) is 0 Å². The van der Waals surface area contributed by atoms with Gasteiger partial charge in [-0.15, -0.1) is 0 Å². The van der Waals surface area contributed by atoms with Gasteiger partial charge in [-0.2, -0.15) is 0 Å². The number of carbonyl (C=O) groups is 1. The molecule has 0 aliphatic heterocycles. The van der Waals surface area contributed by atoms with E-state index in [9.17, 15) is 14.3 Å². The van der Waals surface area contributed by atoms with E-state index in [1.54, 1.807) is 0 Å². The molecule has 0 aromatic heterocycles. The number of aliphatic hydroxyl groups excluding tert-OH is 1. The zero-order chi connectivity index (χ0) is 24.1. The highest BCUT2D eigenvalue weighted by Crippen LogP contribution is 2.68. The van der Waals surface area contributed by atoms with Crippen molar-refractivity contribution in [2.45, 2.75) is 124 Å². The summed E-state index contributed by atoms with van der Waals surface area (Å²) >= 11 is 0. The smallest absolute Gasteiger partial charge is 0.302 e. The van der Waals surface area contributed by atoms with Gasteiger partial charge in [0.05, 0.1) is 6.10 Å². The summed E-state index contributed by atoms with van der Waals surface area (Å²) in [6.45, 7) is 13.4. The van der Waals surface area contributed by atoms with Crippen LogP contribution < -0.4 is 0 Å². The van der Waals surface area contributed by atoms with Crippen LogP contribution in [0.5, 0.6) is 0 Å². The quantitative estimate of drug-likeness (QED) is 0.432. The van der Waals surface area contributed by atoms with E-state index in [-0.39, 0.29) is 23.4 Å². The monoisotopic (exact) mass is 464 g/mol. The lowest BCUT2D eigenvalue weighted by Crippen LogP contribution is -2.60. The van der Waals surface area contributed by atoms with Gasteiger partial charge in [-0.25, -0.2) is 4.39 Å². The summed E-state index contributed by atoms with van der Waals surface area (Å²) in [6, 6.07) is 0. The van der Waals surface area contributed by atoms with E-state index in [4.69, 9.17) is 4.74 Å². The maximum absolute atomic E-state index is 14.9. The van der Waals surface area contributed by atoms with Crippen molar-refractivity contribution in [3.63, 3.8) is 0 Å². The standard InChI is InChI=1S/C29H49FO3/c1-17(2)8-7-9-18(3)21-10-11-22-20-14-27(33-19(4)31)24-15-26(32)25(30)16-29(24,6)23(20)12-13-28(21,22)5/h17-18,20-27,32H,7-16H2,1-6H3/t18-,20+,21-,22+,23+,24?,25?,26?,27?,28-,29-/m1/s1. The normalized spacial score (nSPS) is 48.0. The molecule has 0 heterocycles. The summed E-state index contributed by atoms with van der Waals surface area (Å²) in [4.78, 5) is 12.0. The van der Waals surface area contributed by atoms with Gasteiger partial charge in [0.25, 0.3) is 0 Å². The highest BCUT2D eigenvalue weighted by Gasteiger charge is 2.64. The van der Waals surface area contributed by atoms with Gasteiger partial charge in [0.2, 0.25) is 0 Å². The van der Waals surface area contributed by atoms with E-state index in [0.29, 0.717) is 36.0 Å². The van der Waals surface area contributed by atoms with Crippen LogP contribution in [0.2, 0.25) is 0 Å². The number of carbonyl (C=O) groups excluding carboxylic acids is 1. The van der Waals surface area contributed by atoms with Gasteiger partial charge in [0, 0.05) is 12.8 Å². The van der Waals surface area contributed by atoms with Gasteiger partial charge in [-0.05, 0) is 91.3 Å². The first-order chi connectivity index (χ1) is 15.5. The molecule has 0 radical (unpaired) electrons. The number of hydrogen-bond acceptors (Lipinski definition) is 3. The molecule has 1 N–H and O–H groups in total. The van der Waals surface area contributed by atoms with Gasteiger partial charge in [0.1, 0.15) is 12.3 Å². The van der Waals surface area contributed by atoms with Crippen molar-refractivity contribution in [2.24, 2.45) is 52.3 Å². The Morgan fingerprint density at radius 1 is 1.03 bits per heavy atom. The minimum atomic E-state index is -1.16. The predicted molar refractivity (Wildman–Crippen MR) is 130 cm³/mol. The van der Waals surface area contributed by atoms with Crippen LogP contribution in [0, 0.1) is 52.3 Å². The van der Waals surface area contributed by atoms with Crippen LogP contribution in [-0.2, 0) is 9.53 Å². The molecule has 0 spiro atoms. The van der Waals surface area contributed by atoms with Crippen LogP contribution in [0.4, 0.5) is 4.39 Å². The van der Waals surface area contributed by atoms with Crippen LogP contribution >= 0.6 is 0 Å². The second-order valence-electron chi connectivity index (χ2n) is 13.4. The van der Waals surface area contributed by atoms with Gasteiger partial charge in [-0.1, -0.05) is 53.9 Å². The van der Waals surface area contributed by atoms with Crippen LogP contribution in [0.15, 0.2) is 0 Å². The molecule has 4 rings (SSSR count). The lowest BCUT2D eigenvalue weighted by atomic mass is 9.43. The summed E-state index contributed by atoms with van der Waals surface area (Å²) in [5.41, 5.74) is 0.162. The maximum atomic E-state index is 14.9. The Morgan fingerprint density at radius 2 is 1.73 bits per heavy atom. The molecule has 4 aliphatic rings. The SMILES string of the molecule is CC(=O)OC1C[C@H]2[C@@H]3CC[C@H]([C@H](C)CCCC(C)C)[C@@]3(C)CC[C@@H]2[C@@]2(C)CC(F)C(O)CC12. The van der Waals surface area contributed by atoms with Crippen molar-refractivity contribution in [1.82, 2.24) is 0 Å². The van der Waals surface area contributed by atoms with Gasteiger partial charge in [0.15, 0.2) is 0 Å². The minimum absolute atomic E-state index is 0.0705. The fourth-order valence-electron chi connectivity index (χ4n) is 9.62. The molecule has 33 heavy (non-hydrogen) atoms. The van der Waals surface area contributed by atoms with Crippen LogP contribution in [0.25, 0.3) is 0 Å². The summed E-state index contributed by atoms with van der Waals surface area (Å²) in [6.07, 6.45) is 8.46. The fourth-order valence-corrected chi connectivity index (χ4v) is 9.62. The zero-order valence-electron chi connectivity index (χ0n) is 22.0. The number of aliphatic hydroxyl groups is 1. The van der Waals surface area contributed by atoms with Crippen LogP contribution in [-0.4, -0.2) is 29.5 Å². The second-order valence-corrected chi connectivity index (χ2v) is 13.4. The molecule has 4 heteroatoms. The number of halogens is 1. The lowest BCUT2D eigenvalue weighted by Gasteiger charge is -2.63. The largest absolute Gasteiger partial charge is 0.462 e. The van der Waals surface area contributed by atoms with Crippen molar-refractivity contribution >= 4 is 5.97 Å². The molecule has 0 amide bonds. The molecule has 4 aliphatic carbocycles. The third-order valence-electron chi connectivity index (χ3n) is 11.2. The molecular formula is C29H49FO3. The number of rotatable bonds is 6. The van der Waals surface area contributed by atoms with Crippen molar-refractivity contribution in [3.8, 4) is 0 Å². The fraction of sp³-hybridized carbons (Fsp3) is 0.966. The minimum Gasteiger partial charge on any atom is -0.462 e. The highest BCUT2D eigenvalue weighted by molar-refractivity contribution is 5.66. The third-order valence-corrected chi connectivity index (χ3v) is 11.2. The molecule has 0 bridgehead atoms. The van der Waals surface area contributed by atoms with Gasteiger partial charge in [-0.3, -0.25) is 4.79 Å². The summed E-state index contributed by atoms with van der Waals surface area (Å²) in [7, 11) is 0. The average Bonchev–Trinajstić information content (AvgIpc) is 3.06. The molecular weight excluding hydrogens is 415 g/mol. The number of fused-ring (bicyclic) bond motifs is 5. The van der Waals surface area contributed by atoms with Crippen LogP contribution in [0.1, 0.15) is 106 Å². The van der Waals surface area contributed by atoms with Gasteiger partial charge < -0.3 is 9.84 Å². The molecule has 0 aromatic carbocycles. The zero-order valence-corrected chi connectivity index (χ0v) is 22.0. The molecule has 190 valence electrons. The molecule has 4 saturated carbocycles. The molecule has 4 fully saturated rings. The second kappa shape index (κ2) is 9.43. The molecule has 0 aromatic rings. The first-order valence-electron chi connectivity index (χ1n) is 14.0. The predicted octanol–water partition coefficient (Wildman–Crippen LogP) is 6.96. The molecule has 0 saturated heterocycles. The number of ether oxygens (including phenoxy) is 1. The first-order valence-corrected chi connectivity index (χ1v) is 14.0. The summed E-state index contributed by atoms with van der Waals surface area (Å²) < 4.78 is 20.8. The molecule has 4 unspecified atom stereocenters.